The second-order valence-electron chi connectivity index (χ2n) is 7.50. The number of fused-ring (bicyclic) bond motifs is 4. The van der Waals surface area contributed by atoms with Crippen molar-refractivity contribution in [3.8, 4) is 0 Å². The average Bonchev–Trinajstić information content (AvgIpc) is 3.12. The van der Waals surface area contributed by atoms with Crippen LogP contribution in [0, 0.1) is 0 Å². The molecule has 0 radical (unpaired) electrons. The van der Waals surface area contributed by atoms with E-state index in [1.807, 2.05) is 18.2 Å². The lowest BCUT2D eigenvalue weighted by Crippen LogP contribution is -2.42. The van der Waals surface area contributed by atoms with Gasteiger partial charge in [-0.3, -0.25) is 4.79 Å². The predicted molar refractivity (Wildman–Crippen MR) is 113 cm³/mol. The number of rotatable bonds is 3. The summed E-state index contributed by atoms with van der Waals surface area (Å²) in [6, 6.07) is 22.4. The normalized spacial score (nSPS) is 17.4. The molecule has 1 aliphatic rings. The second kappa shape index (κ2) is 6.80. The standard InChI is InChI=1S/C24H23N3O/c1-15(17-11-6-8-16-7-2-3-9-18(16)17)26-24(28)23-22-20(13-14-25-23)19-10-4-5-12-21(19)27-22/h2-12,15,23,25,27H,13-14H2,1H3,(H,26,28)/t15-,23-/m1/s1. The largest absolute Gasteiger partial charge is 0.356 e. The van der Waals surface area contributed by atoms with E-state index in [1.165, 1.54) is 21.7 Å². The maximum atomic E-state index is 13.2. The quantitative estimate of drug-likeness (QED) is 0.502. The van der Waals surface area contributed by atoms with E-state index in [9.17, 15) is 4.79 Å². The van der Waals surface area contributed by atoms with E-state index in [2.05, 4.69) is 71.1 Å². The molecule has 3 aromatic carbocycles. The SMILES string of the molecule is C[C@@H](NC(=O)[C@@H]1NCCc2c1[nH]c1ccccc21)c1cccc2ccccc12. The van der Waals surface area contributed by atoms with E-state index in [0.717, 1.165) is 29.7 Å². The molecule has 0 unspecified atom stereocenters. The molecule has 0 fully saturated rings. The topological polar surface area (TPSA) is 56.9 Å². The Bertz CT molecular complexity index is 1170. The Labute approximate surface area is 164 Å². The van der Waals surface area contributed by atoms with E-state index >= 15 is 0 Å². The second-order valence-corrected chi connectivity index (χ2v) is 7.50. The number of aromatic amines is 1. The van der Waals surface area contributed by atoms with Gasteiger partial charge in [-0.25, -0.2) is 0 Å². The lowest BCUT2D eigenvalue weighted by molar-refractivity contribution is -0.124. The van der Waals surface area contributed by atoms with E-state index < -0.39 is 0 Å². The zero-order valence-electron chi connectivity index (χ0n) is 15.8. The van der Waals surface area contributed by atoms with Gasteiger partial charge in [-0.2, -0.15) is 0 Å². The summed E-state index contributed by atoms with van der Waals surface area (Å²) in [4.78, 5) is 16.6. The summed E-state index contributed by atoms with van der Waals surface area (Å²) in [5.74, 6) is 0.00735. The van der Waals surface area contributed by atoms with Crippen LogP contribution in [0.4, 0.5) is 0 Å². The van der Waals surface area contributed by atoms with Gasteiger partial charge in [-0.15, -0.1) is 0 Å². The molecule has 4 aromatic rings. The first kappa shape index (κ1) is 17.0. The maximum Gasteiger partial charge on any atom is 0.243 e. The first-order valence-corrected chi connectivity index (χ1v) is 9.83. The molecule has 4 nitrogen and oxygen atoms in total. The van der Waals surface area contributed by atoms with Gasteiger partial charge in [0, 0.05) is 23.1 Å². The molecule has 0 saturated heterocycles. The van der Waals surface area contributed by atoms with Crippen LogP contribution in [0.2, 0.25) is 0 Å². The number of nitrogens with one attached hydrogen (secondary N) is 3. The van der Waals surface area contributed by atoms with Crippen molar-refractivity contribution in [1.29, 1.82) is 0 Å². The first-order valence-electron chi connectivity index (χ1n) is 9.83. The highest BCUT2D eigenvalue weighted by molar-refractivity contribution is 5.91. The van der Waals surface area contributed by atoms with Crippen LogP contribution < -0.4 is 10.6 Å². The number of hydrogen-bond donors (Lipinski definition) is 3. The number of aromatic nitrogens is 1. The number of benzene rings is 3. The summed E-state index contributed by atoms with van der Waals surface area (Å²) < 4.78 is 0. The van der Waals surface area contributed by atoms with Crippen molar-refractivity contribution < 1.29 is 4.79 Å². The highest BCUT2D eigenvalue weighted by atomic mass is 16.2. The summed E-state index contributed by atoms with van der Waals surface area (Å²) in [6.07, 6.45) is 0.933. The van der Waals surface area contributed by atoms with Crippen LogP contribution in [0.3, 0.4) is 0 Å². The zero-order chi connectivity index (χ0) is 19.1. The molecule has 3 N–H and O–H groups in total. The minimum absolute atomic E-state index is 0.00735. The molecular formula is C24H23N3O. The predicted octanol–water partition coefficient (Wildman–Crippen LogP) is 4.39. The molecule has 0 aliphatic carbocycles. The molecule has 1 aromatic heterocycles. The molecule has 1 aliphatic heterocycles. The van der Waals surface area contributed by atoms with E-state index in [0.29, 0.717) is 0 Å². The number of H-pyrrole nitrogens is 1. The Morgan fingerprint density at radius 1 is 1.00 bits per heavy atom. The monoisotopic (exact) mass is 369 g/mol. The highest BCUT2D eigenvalue weighted by Gasteiger charge is 2.30. The fourth-order valence-corrected chi connectivity index (χ4v) is 4.41. The van der Waals surface area contributed by atoms with E-state index in [4.69, 9.17) is 0 Å². The highest BCUT2D eigenvalue weighted by Crippen LogP contribution is 2.31. The molecule has 0 bridgehead atoms. The first-order chi connectivity index (χ1) is 13.7. The molecule has 2 atom stereocenters. The molecule has 0 spiro atoms. The van der Waals surface area contributed by atoms with Gasteiger partial charge in [0.15, 0.2) is 0 Å². The number of carbonyl (C=O) groups is 1. The Hall–Kier alpha value is -3.11. The third-order valence-corrected chi connectivity index (χ3v) is 5.77. The Morgan fingerprint density at radius 2 is 1.75 bits per heavy atom. The van der Waals surface area contributed by atoms with Crippen molar-refractivity contribution in [2.24, 2.45) is 0 Å². The van der Waals surface area contributed by atoms with Gasteiger partial charge in [-0.1, -0.05) is 60.7 Å². The average molecular weight is 369 g/mol. The Morgan fingerprint density at radius 3 is 2.64 bits per heavy atom. The third-order valence-electron chi connectivity index (χ3n) is 5.77. The fraction of sp³-hybridized carbons (Fsp3) is 0.208. The minimum Gasteiger partial charge on any atom is -0.356 e. The van der Waals surface area contributed by atoms with Crippen LogP contribution in [0.15, 0.2) is 66.7 Å². The number of amides is 1. The molecule has 140 valence electrons. The van der Waals surface area contributed by atoms with Gasteiger partial charge in [-0.05, 0) is 41.3 Å². The van der Waals surface area contributed by atoms with Gasteiger partial charge >= 0.3 is 0 Å². The minimum atomic E-state index is -0.353. The van der Waals surface area contributed by atoms with Crippen molar-refractivity contribution in [2.75, 3.05) is 6.54 Å². The van der Waals surface area contributed by atoms with Crippen LogP contribution >= 0.6 is 0 Å². The van der Waals surface area contributed by atoms with Gasteiger partial charge in [0.2, 0.25) is 5.91 Å². The summed E-state index contributed by atoms with van der Waals surface area (Å²) in [6.45, 7) is 2.85. The lowest BCUT2D eigenvalue weighted by atomic mass is 9.97. The maximum absolute atomic E-state index is 13.2. The molecular weight excluding hydrogens is 346 g/mol. The molecule has 1 amide bonds. The van der Waals surface area contributed by atoms with Crippen molar-refractivity contribution >= 4 is 27.6 Å². The summed E-state index contributed by atoms with van der Waals surface area (Å²) >= 11 is 0. The van der Waals surface area contributed by atoms with E-state index in [1.54, 1.807) is 0 Å². The molecule has 0 saturated carbocycles. The molecule has 4 heteroatoms. The van der Waals surface area contributed by atoms with Gasteiger partial charge in [0.25, 0.3) is 0 Å². The van der Waals surface area contributed by atoms with Crippen molar-refractivity contribution in [3.63, 3.8) is 0 Å². The summed E-state index contributed by atoms with van der Waals surface area (Å²) in [7, 11) is 0. The zero-order valence-corrected chi connectivity index (χ0v) is 15.8. The van der Waals surface area contributed by atoms with Gasteiger partial charge in [0.05, 0.1) is 6.04 Å². The van der Waals surface area contributed by atoms with Crippen LogP contribution in [0.5, 0.6) is 0 Å². The van der Waals surface area contributed by atoms with Gasteiger partial charge in [0.1, 0.15) is 6.04 Å². The van der Waals surface area contributed by atoms with Crippen LogP contribution in [0.1, 0.15) is 35.8 Å². The fourth-order valence-electron chi connectivity index (χ4n) is 4.41. The molecule has 5 rings (SSSR count). The summed E-state index contributed by atoms with van der Waals surface area (Å²) in [5, 5.41) is 10.2. The van der Waals surface area contributed by atoms with Crippen molar-refractivity contribution in [2.45, 2.75) is 25.4 Å². The smallest absolute Gasteiger partial charge is 0.243 e. The van der Waals surface area contributed by atoms with Crippen LogP contribution in [-0.4, -0.2) is 17.4 Å². The molecule has 28 heavy (non-hydrogen) atoms. The van der Waals surface area contributed by atoms with Gasteiger partial charge < -0.3 is 15.6 Å². The number of hydrogen-bond acceptors (Lipinski definition) is 2. The van der Waals surface area contributed by atoms with Crippen LogP contribution in [0.25, 0.3) is 21.7 Å². The number of para-hydroxylation sites is 1. The van der Waals surface area contributed by atoms with Crippen molar-refractivity contribution in [3.05, 3.63) is 83.6 Å². The molecule has 2 heterocycles. The third kappa shape index (κ3) is 2.77. The Kier molecular flexibility index (Phi) is 4.14. The van der Waals surface area contributed by atoms with Crippen LogP contribution in [-0.2, 0) is 11.2 Å². The van der Waals surface area contributed by atoms with E-state index in [-0.39, 0.29) is 18.0 Å². The summed E-state index contributed by atoms with van der Waals surface area (Å²) in [5.41, 5.74) is 4.48. The lowest BCUT2D eigenvalue weighted by Gasteiger charge is -2.26. The van der Waals surface area contributed by atoms with Crippen molar-refractivity contribution in [1.82, 2.24) is 15.6 Å². The number of carbonyl (C=O) groups excluding carboxylic acids is 1. The Balaban J connectivity index is 1.45.